The number of carbonyl (C=O) groups is 1. The lowest BCUT2D eigenvalue weighted by atomic mass is 9.87. The quantitative estimate of drug-likeness (QED) is 0.315. The number of aliphatic hydroxyl groups excluding tert-OH is 3. The zero-order valence-corrected chi connectivity index (χ0v) is 20.7. The largest absolute Gasteiger partial charge is 0.388 e. The summed E-state index contributed by atoms with van der Waals surface area (Å²) in [7, 11) is 0. The fraction of sp³-hybridized carbons (Fsp3) is 0.955. The lowest BCUT2D eigenvalue weighted by molar-refractivity contribution is -0.205. The predicted molar refractivity (Wildman–Crippen MR) is 125 cm³/mol. The van der Waals surface area contributed by atoms with Gasteiger partial charge in [-0.05, 0) is 37.9 Å². The second-order valence-corrected chi connectivity index (χ2v) is 11.0. The number of nitrogens with one attached hydrogen (secondary N) is 2. The Morgan fingerprint density at radius 2 is 2.03 bits per heavy atom. The maximum Gasteiger partial charge on any atom is 0.240 e. The molecule has 0 aromatic heterocycles. The van der Waals surface area contributed by atoms with Gasteiger partial charge in [-0.2, -0.15) is 0 Å². The molecule has 186 valence electrons. The van der Waals surface area contributed by atoms with Crippen LogP contribution in [0.1, 0.15) is 46.0 Å². The minimum absolute atomic E-state index is 0.198. The van der Waals surface area contributed by atoms with Gasteiger partial charge in [0.15, 0.2) is 0 Å². The van der Waals surface area contributed by atoms with Crippen molar-refractivity contribution < 1.29 is 29.6 Å². The van der Waals surface area contributed by atoms with E-state index < -0.39 is 47.3 Å². The molecule has 3 aliphatic rings. The van der Waals surface area contributed by atoms with Crippen LogP contribution in [-0.4, -0.2) is 94.1 Å². The van der Waals surface area contributed by atoms with Crippen molar-refractivity contribution in [2.75, 3.05) is 19.4 Å². The van der Waals surface area contributed by atoms with Crippen molar-refractivity contribution in [3.8, 4) is 0 Å². The van der Waals surface area contributed by atoms with Gasteiger partial charge in [-0.3, -0.25) is 4.79 Å². The van der Waals surface area contributed by atoms with Crippen LogP contribution in [0, 0.1) is 11.8 Å². The van der Waals surface area contributed by atoms with Crippen LogP contribution in [0.15, 0.2) is 0 Å². The van der Waals surface area contributed by atoms with Crippen molar-refractivity contribution in [1.82, 2.24) is 10.6 Å². The summed E-state index contributed by atoms with van der Waals surface area (Å²) in [4.78, 5) is 13.3. The highest BCUT2D eigenvalue weighted by molar-refractivity contribution is 7.99. The molecule has 3 fully saturated rings. The summed E-state index contributed by atoms with van der Waals surface area (Å²) in [6.07, 6.45) is 2.29. The molecule has 32 heavy (non-hydrogen) atoms. The summed E-state index contributed by atoms with van der Waals surface area (Å²) in [5.41, 5.74) is -0.729. The Balaban J connectivity index is 1.66. The third-order valence-corrected chi connectivity index (χ3v) is 8.24. The van der Waals surface area contributed by atoms with Crippen LogP contribution < -0.4 is 10.6 Å². The van der Waals surface area contributed by atoms with Gasteiger partial charge >= 0.3 is 0 Å². The average molecular weight is 495 g/mol. The maximum absolute atomic E-state index is 13.3. The number of hydrogen-bond donors (Lipinski definition) is 5. The summed E-state index contributed by atoms with van der Waals surface area (Å²) >= 11 is 7.62. The summed E-state index contributed by atoms with van der Waals surface area (Å²) in [5, 5.41) is 36.6. The summed E-state index contributed by atoms with van der Waals surface area (Å²) in [5.74, 6) is 0.668. The number of carbonyl (C=O) groups excluding carboxylic acids is 1. The molecule has 3 unspecified atom stereocenters. The summed E-state index contributed by atoms with van der Waals surface area (Å²) in [6, 6.07) is -1.25. The van der Waals surface area contributed by atoms with Gasteiger partial charge in [-0.25, -0.2) is 0 Å². The van der Waals surface area contributed by atoms with Crippen molar-refractivity contribution in [2.24, 2.45) is 11.8 Å². The highest BCUT2D eigenvalue weighted by Crippen LogP contribution is 2.34. The van der Waals surface area contributed by atoms with Crippen LogP contribution in [0.3, 0.4) is 0 Å². The molecule has 0 aromatic carbocycles. The molecular formula is C22H39ClN2O6S. The zero-order chi connectivity index (χ0) is 23.4. The van der Waals surface area contributed by atoms with Gasteiger partial charge in [-0.1, -0.05) is 26.2 Å². The topological polar surface area (TPSA) is 120 Å². The number of alkyl halides is 1. The molecule has 5 N–H and O–H groups in total. The Bertz CT molecular complexity index is 615. The SMILES string of the molecule is CCCC[C@@H]1CCO[C@@H]2[C@H](CN[C@@H]2C(=O)N[C@H]([C@H](C)Cl)[C@H]2OC(SC)[C@H](O)C(O)C2O)C1. The first-order valence-corrected chi connectivity index (χ1v) is 13.5. The van der Waals surface area contributed by atoms with Gasteiger partial charge in [0.05, 0.1) is 17.5 Å². The molecule has 8 nitrogen and oxygen atoms in total. The van der Waals surface area contributed by atoms with Gasteiger partial charge in [0, 0.05) is 13.2 Å². The normalized spacial score (nSPS) is 42.0. The smallest absolute Gasteiger partial charge is 0.240 e. The maximum atomic E-state index is 13.3. The van der Waals surface area contributed by atoms with Crippen molar-refractivity contribution in [3.63, 3.8) is 0 Å². The summed E-state index contributed by atoms with van der Waals surface area (Å²) < 4.78 is 12.0. The fourth-order valence-corrected chi connectivity index (χ4v) is 6.11. The molecule has 10 heteroatoms. The number of amides is 1. The number of unbranched alkanes of at least 4 members (excludes halogenated alkanes) is 1. The Morgan fingerprint density at radius 3 is 2.69 bits per heavy atom. The second kappa shape index (κ2) is 12.0. The highest BCUT2D eigenvalue weighted by atomic mass is 35.5. The minimum Gasteiger partial charge on any atom is -0.388 e. The van der Waals surface area contributed by atoms with E-state index in [0.29, 0.717) is 12.5 Å². The van der Waals surface area contributed by atoms with E-state index in [2.05, 4.69) is 17.6 Å². The number of ether oxygens (including phenoxy) is 2. The van der Waals surface area contributed by atoms with Crippen molar-refractivity contribution >= 4 is 29.3 Å². The minimum atomic E-state index is -1.39. The lowest BCUT2D eigenvalue weighted by Crippen LogP contribution is -2.65. The molecule has 0 aliphatic carbocycles. The molecule has 3 rings (SSSR count). The van der Waals surface area contributed by atoms with Crippen LogP contribution in [0.2, 0.25) is 0 Å². The van der Waals surface area contributed by atoms with Crippen LogP contribution in [-0.2, 0) is 14.3 Å². The Labute approximate surface area is 200 Å². The molecule has 0 bridgehead atoms. The zero-order valence-electron chi connectivity index (χ0n) is 19.2. The summed E-state index contributed by atoms with van der Waals surface area (Å²) in [6.45, 7) is 5.30. The molecule has 3 heterocycles. The van der Waals surface area contributed by atoms with Crippen molar-refractivity contribution in [3.05, 3.63) is 0 Å². The predicted octanol–water partition coefficient (Wildman–Crippen LogP) is 0.843. The molecule has 0 radical (unpaired) electrons. The van der Waals surface area contributed by atoms with Gasteiger partial charge in [0.2, 0.25) is 5.91 Å². The number of halogens is 1. The molecule has 1 amide bonds. The first-order valence-electron chi connectivity index (χ1n) is 11.8. The lowest BCUT2D eigenvalue weighted by Gasteiger charge is -2.44. The first-order chi connectivity index (χ1) is 15.3. The van der Waals surface area contributed by atoms with Gasteiger partial charge in [0.25, 0.3) is 0 Å². The monoisotopic (exact) mass is 494 g/mol. The Hall–Kier alpha value is -0.130. The molecule has 0 saturated carbocycles. The number of fused-ring (bicyclic) bond motifs is 1. The standard InChI is InChI=1S/C22H39ClN2O6S/c1-4-5-6-12-7-8-30-19-13(9-12)10-24-15(19)21(29)25-14(11(2)23)20-17(27)16(26)18(28)22(31-20)32-3/h11-20,22,24,26-28H,4-10H2,1-3H3,(H,25,29)/t11-,12+,13-,14+,15-,16?,17?,18+,19+,20+,22?/m0/s1. The van der Waals surface area contributed by atoms with E-state index in [1.165, 1.54) is 31.0 Å². The van der Waals surface area contributed by atoms with Crippen molar-refractivity contribution in [2.45, 2.75) is 99.4 Å². The molecule has 11 atom stereocenters. The van der Waals surface area contributed by atoms with E-state index in [1.807, 2.05) is 0 Å². The molecule has 0 aromatic rings. The van der Waals surface area contributed by atoms with E-state index in [-0.39, 0.29) is 17.9 Å². The average Bonchev–Trinajstić information content (AvgIpc) is 3.05. The van der Waals surface area contributed by atoms with Gasteiger partial charge in [-0.15, -0.1) is 23.4 Å². The van der Waals surface area contributed by atoms with Crippen LogP contribution in [0.25, 0.3) is 0 Å². The number of aliphatic hydroxyl groups is 3. The van der Waals surface area contributed by atoms with Gasteiger partial charge < -0.3 is 35.4 Å². The van der Waals surface area contributed by atoms with Gasteiger partial charge in [0.1, 0.15) is 35.9 Å². The highest BCUT2D eigenvalue weighted by Gasteiger charge is 2.49. The number of hydrogen-bond acceptors (Lipinski definition) is 8. The fourth-order valence-electron chi connectivity index (χ4n) is 5.22. The Kier molecular flexibility index (Phi) is 9.94. The van der Waals surface area contributed by atoms with E-state index in [4.69, 9.17) is 21.1 Å². The Morgan fingerprint density at radius 1 is 1.28 bits per heavy atom. The van der Waals surface area contributed by atoms with E-state index >= 15 is 0 Å². The molecular weight excluding hydrogens is 456 g/mol. The van der Waals surface area contributed by atoms with Crippen molar-refractivity contribution in [1.29, 1.82) is 0 Å². The molecule has 3 aliphatic heterocycles. The van der Waals surface area contributed by atoms with E-state index in [0.717, 1.165) is 19.4 Å². The van der Waals surface area contributed by atoms with Crippen LogP contribution >= 0.6 is 23.4 Å². The second-order valence-electron chi connectivity index (χ2n) is 9.40. The number of thioether (sulfide) groups is 1. The van der Waals surface area contributed by atoms with E-state index in [9.17, 15) is 20.1 Å². The number of rotatable bonds is 8. The molecule has 3 saturated heterocycles. The first kappa shape index (κ1) is 26.5. The third-order valence-electron chi connectivity index (χ3n) is 7.11. The van der Waals surface area contributed by atoms with E-state index in [1.54, 1.807) is 13.2 Å². The third kappa shape index (κ3) is 5.92. The molecule has 0 spiro atoms. The van der Waals surface area contributed by atoms with Crippen LogP contribution in [0.4, 0.5) is 0 Å². The van der Waals surface area contributed by atoms with Crippen LogP contribution in [0.5, 0.6) is 0 Å².